The van der Waals surface area contributed by atoms with Gasteiger partial charge in [0, 0.05) is 23.6 Å². The second kappa shape index (κ2) is 8.50. The molecule has 1 N–H and O–H groups in total. The van der Waals surface area contributed by atoms with Gasteiger partial charge in [0.05, 0.1) is 23.3 Å². The van der Waals surface area contributed by atoms with Crippen molar-refractivity contribution in [3.8, 4) is 11.1 Å². The summed E-state index contributed by atoms with van der Waals surface area (Å²) in [6, 6.07) is 8.04. The number of carbonyl (C=O) groups is 4. The van der Waals surface area contributed by atoms with Crippen molar-refractivity contribution in [1.29, 1.82) is 0 Å². The molecule has 1 aliphatic rings. The normalized spacial score (nSPS) is 12.6. The Morgan fingerprint density at radius 3 is 2.41 bits per heavy atom. The molecule has 1 aliphatic carbocycles. The number of para-hydroxylation sites is 1. The van der Waals surface area contributed by atoms with E-state index >= 15 is 0 Å². The summed E-state index contributed by atoms with van der Waals surface area (Å²) >= 11 is 0. The van der Waals surface area contributed by atoms with Gasteiger partial charge >= 0.3 is 18.1 Å². The number of nitrogens with one attached hydrogen (secondary N) is 1. The summed E-state index contributed by atoms with van der Waals surface area (Å²) in [6.45, 7) is 1.68. The predicted octanol–water partition coefficient (Wildman–Crippen LogP) is 3.60. The molecule has 4 rings (SSSR count). The van der Waals surface area contributed by atoms with Crippen molar-refractivity contribution in [2.45, 2.75) is 13.1 Å². The first kappa shape index (κ1) is 22.8. The van der Waals surface area contributed by atoms with Crippen LogP contribution in [-0.2, 0) is 9.53 Å². The van der Waals surface area contributed by atoms with E-state index < -0.39 is 29.6 Å². The van der Waals surface area contributed by atoms with E-state index in [1.807, 2.05) is 0 Å². The molecule has 172 valence electrons. The van der Waals surface area contributed by atoms with Crippen LogP contribution in [0.3, 0.4) is 0 Å². The highest BCUT2D eigenvalue weighted by Crippen LogP contribution is 2.36. The largest absolute Gasteiger partial charge is 0.471 e. The molecule has 0 aliphatic heterocycles. The standard InChI is InChI=1S/C23H14F3N3O5/c1-2-34-21(32)11-9-14-17(28-10-11)20(31)18-16(19(14)30)13(7-8-27-18)12-5-3-4-6-15(12)29-22(33)23(24,25)26/h3-10H,2H2,1H3,(H,29,33). The zero-order valence-corrected chi connectivity index (χ0v) is 17.4. The van der Waals surface area contributed by atoms with Gasteiger partial charge in [-0.15, -0.1) is 0 Å². The van der Waals surface area contributed by atoms with E-state index in [1.54, 1.807) is 12.2 Å². The van der Waals surface area contributed by atoms with Gasteiger partial charge in [-0.25, -0.2) is 4.79 Å². The van der Waals surface area contributed by atoms with E-state index in [1.165, 1.54) is 42.6 Å². The highest BCUT2D eigenvalue weighted by molar-refractivity contribution is 6.29. The summed E-state index contributed by atoms with van der Waals surface area (Å²) in [6.07, 6.45) is -2.80. The van der Waals surface area contributed by atoms with Crippen molar-refractivity contribution in [1.82, 2.24) is 9.97 Å². The van der Waals surface area contributed by atoms with Crippen molar-refractivity contribution in [2.75, 3.05) is 11.9 Å². The Kier molecular flexibility index (Phi) is 5.70. The number of benzene rings is 1. The number of ether oxygens (including phenoxy) is 1. The molecule has 11 heteroatoms. The lowest BCUT2D eigenvalue weighted by Crippen LogP contribution is -2.30. The van der Waals surface area contributed by atoms with Crippen LogP contribution in [0.15, 0.2) is 48.8 Å². The SMILES string of the molecule is CCOC(=O)c1cnc2c(c1)C(=O)c1c(-c3ccccc3NC(=O)C(F)(F)F)ccnc1C2=O. The molecule has 2 heterocycles. The monoisotopic (exact) mass is 469 g/mol. The van der Waals surface area contributed by atoms with Crippen LogP contribution in [0.2, 0.25) is 0 Å². The van der Waals surface area contributed by atoms with E-state index in [4.69, 9.17) is 4.74 Å². The first-order chi connectivity index (χ1) is 16.1. The molecular weight excluding hydrogens is 455 g/mol. The zero-order chi connectivity index (χ0) is 24.6. The van der Waals surface area contributed by atoms with E-state index in [0.717, 1.165) is 6.20 Å². The summed E-state index contributed by atoms with van der Waals surface area (Å²) in [4.78, 5) is 58.0. The van der Waals surface area contributed by atoms with Crippen LogP contribution < -0.4 is 5.32 Å². The molecule has 2 aromatic heterocycles. The van der Waals surface area contributed by atoms with Crippen molar-refractivity contribution < 1.29 is 37.1 Å². The predicted molar refractivity (Wildman–Crippen MR) is 111 cm³/mol. The van der Waals surface area contributed by atoms with Gasteiger partial charge in [0.2, 0.25) is 5.78 Å². The van der Waals surface area contributed by atoms with Crippen LogP contribution in [0, 0.1) is 0 Å². The number of nitrogens with zero attached hydrogens (tertiary/aromatic N) is 2. The van der Waals surface area contributed by atoms with Gasteiger partial charge < -0.3 is 10.1 Å². The molecule has 3 aromatic rings. The maximum atomic E-state index is 13.4. The lowest BCUT2D eigenvalue weighted by Gasteiger charge is -2.20. The highest BCUT2D eigenvalue weighted by Gasteiger charge is 2.39. The number of amides is 1. The second-order valence-electron chi connectivity index (χ2n) is 7.08. The highest BCUT2D eigenvalue weighted by atomic mass is 19.4. The fraction of sp³-hybridized carbons (Fsp3) is 0.130. The Balaban J connectivity index is 1.86. The summed E-state index contributed by atoms with van der Waals surface area (Å²) in [5, 5.41) is 1.78. The van der Waals surface area contributed by atoms with Crippen LogP contribution in [-0.4, -0.2) is 46.2 Å². The van der Waals surface area contributed by atoms with Gasteiger partial charge in [-0.3, -0.25) is 24.4 Å². The number of hydrogen-bond donors (Lipinski definition) is 1. The van der Waals surface area contributed by atoms with Crippen LogP contribution in [0.5, 0.6) is 0 Å². The Morgan fingerprint density at radius 1 is 0.971 bits per heavy atom. The summed E-state index contributed by atoms with van der Waals surface area (Å²) in [5.41, 5.74) is -0.939. The maximum Gasteiger partial charge on any atom is 0.471 e. The Hall–Kier alpha value is -4.41. The van der Waals surface area contributed by atoms with Gasteiger partial charge in [0.15, 0.2) is 5.78 Å². The fourth-order valence-corrected chi connectivity index (χ4v) is 3.50. The molecule has 0 atom stereocenters. The number of aromatic nitrogens is 2. The summed E-state index contributed by atoms with van der Waals surface area (Å²) in [7, 11) is 0. The van der Waals surface area contributed by atoms with Crippen molar-refractivity contribution in [2.24, 2.45) is 0 Å². The number of ketones is 2. The summed E-state index contributed by atoms with van der Waals surface area (Å²) in [5.74, 6) is -4.34. The molecule has 0 saturated carbocycles. The minimum absolute atomic E-state index is 0.0477. The van der Waals surface area contributed by atoms with Crippen molar-refractivity contribution >= 4 is 29.1 Å². The number of anilines is 1. The molecule has 8 nitrogen and oxygen atoms in total. The van der Waals surface area contributed by atoms with E-state index in [9.17, 15) is 32.3 Å². The number of fused-ring (bicyclic) bond motifs is 2. The zero-order valence-electron chi connectivity index (χ0n) is 17.4. The Labute approximate surface area is 189 Å². The molecule has 0 spiro atoms. The maximum absolute atomic E-state index is 13.4. The third-order valence-electron chi connectivity index (χ3n) is 4.97. The number of rotatable bonds is 4. The van der Waals surface area contributed by atoms with Gasteiger partial charge in [-0.1, -0.05) is 18.2 Å². The average Bonchev–Trinajstić information content (AvgIpc) is 2.81. The molecule has 0 unspecified atom stereocenters. The topological polar surface area (TPSA) is 115 Å². The molecule has 0 radical (unpaired) electrons. The molecule has 0 bridgehead atoms. The molecular formula is C23H14F3N3O5. The van der Waals surface area contributed by atoms with Crippen LogP contribution >= 0.6 is 0 Å². The molecule has 0 fully saturated rings. The van der Waals surface area contributed by atoms with Gasteiger partial charge in [0.25, 0.3) is 0 Å². The number of pyridine rings is 2. The molecule has 0 saturated heterocycles. The minimum atomic E-state index is -5.13. The number of esters is 1. The number of alkyl halides is 3. The molecule has 1 aromatic carbocycles. The van der Waals surface area contributed by atoms with Crippen LogP contribution in [0.1, 0.15) is 49.4 Å². The lowest BCUT2D eigenvalue weighted by molar-refractivity contribution is -0.167. The quantitative estimate of drug-likeness (QED) is 0.454. The van der Waals surface area contributed by atoms with E-state index in [0.29, 0.717) is 0 Å². The summed E-state index contributed by atoms with van der Waals surface area (Å²) < 4.78 is 43.3. The van der Waals surface area contributed by atoms with Crippen LogP contribution in [0.4, 0.5) is 18.9 Å². The molecule has 1 amide bonds. The van der Waals surface area contributed by atoms with Crippen molar-refractivity contribution in [3.05, 3.63) is 76.9 Å². The number of hydrogen-bond acceptors (Lipinski definition) is 7. The average molecular weight is 469 g/mol. The smallest absolute Gasteiger partial charge is 0.462 e. The number of carbonyl (C=O) groups excluding carboxylic acids is 4. The fourth-order valence-electron chi connectivity index (χ4n) is 3.50. The van der Waals surface area contributed by atoms with Gasteiger partial charge in [-0.2, -0.15) is 13.2 Å². The molecule has 34 heavy (non-hydrogen) atoms. The third kappa shape index (κ3) is 3.91. The Bertz CT molecular complexity index is 1370. The van der Waals surface area contributed by atoms with Gasteiger partial charge in [-0.05, 0) is 30.7 Å². The second-order valence-corrected chi connectivity index (χ2v) is 7.08. The first-order valence-corrected chi connectivity index (χ1v) is 9.86. The number of halogens is 3. The third-order valence-corrected chi connectivity index (χ3v) is 4.97. The minimum Gasteiger partial charge on any atom is -0.462 e. The first-order valence-electron chi connectivity index (χ1n) is 9.86. The van der Waals surface area contributed by atoms with Crippen LogP contribution in [0.25, 0.3) is 11.1 Å². The Morgan fingerprint density at radius 2 is 1.71 bits per heavy atom. The lowest BCUT2D eigenvalue weighted by atomic mass is 9.84. The van der Waals surface area contributed by atoms with E-state index in [-0.39, 0.29) is 51.5 Å². The van der Waals surface area contributed by atoms with E-state index in [2.05, 4.69) is 9.97 Å². The van der Waals surface area contributed by atoms with Crippen molar-refractivity contribution in [3.63, 3.8) is 0 Å². The van der Waals surface area contributed by atoms with Gasteiger partial charge in [0.1, 0.15) is 11.4 Å².